The summed E-state index contributed by atoms with van der Waals surface area (Å²) in [6, 6.07) is 19.8. The summed E-state index contributed by atoms with van der Waals surface area (Å²) in [5.41, 5.74) is 1.05. The molecule has 4 aliphatic heterocycles. The van der Waals surface area contributed by atoms with E-state index >= 15 is 0 Å². The van der Waals surface area contributed by atoms with Gasteiger partial charge in [0, 0.05) is 25.0 Å². The molecule has 0 aromatic heterocycles. The van der Waals surface area contributed by atoms with Crippen molar-refractivity contribution in [3.63, 3.8) is 0 Å². The van der Waals surface area contributed by atoms with Crippen LogP contribution in [-0.4, -0.2) is 47.4 Å². The molecule has 4 fully saturated rings. The smallest absolute Gasteiger partial charge is 0.127 e. The number of benzene rings is 2. The molecule has 4 atom stereocenters. The molecule has 0 N–H and O–H groups in total. The first-order valence-corrected chi connectivity index (χ1v) is 12.3. The Morgan fingerprint density at radius 3 is 2.42 bits per heavy atom. The maximum absolute atomic E-state index is 5.95. The topological polar surface area (TPSA) is 28.1 Å². The maximum Gasteiger partial charge on any atom is 0.127 e. The fourth-order valence-corrected chi connectivity index (χ4v) is 6.76. The van der Waals surface area contributed by atoms with Gasteiger partial charge in [-0.05, 0) is 99.8 Å². The van der Waals surface area contributed by atoms with Gasteiger partial charge in [-0.15, -0.1) is 0 Å². The molecular weight excluding hydrogens is 382 g/mol. The lowest BCUT2D eigenvalue weighted by atomic mass is 9.68. The van der Waals surface area contributed by atoms with E-state index in [9.17, 15) is 0 Å². The first-order valence-electron chi connectivity index (χ1n) is 12.3. The van der Waals surface area contributed by atoms with Gasteiger partial charge in [-0.25, -0.2) is 4.99 Å². The summed E-state index contributed by atoms with van der Waals surface area (Å²) in [7, 11) is 0. The second-order valence-corrected chi connectivity index (χ2v) is 9.78. The molecule has 4 aliphatic rings. The van der Waals surface area contributed by atoms with Crippen molar-refractivity contribution < 1.29 is 4.74 Å². The summed E-state index contributed by atoms with van der Waals surface area (Å²) in [5, 5.41) is 0. The first-order chi connectivity index (χ1) is 15.3. The quantitative estimate of drug-likeness (QED) is 0.628. The zero-order valence-electron chi connectivity index (χ0n) is 18.3. The van der Waals surface area contributed by atoms with E-state index in [1.54, 1.807) is 0 Å². The summed E-state index contributed by atoms with van der Waals surface area (Å²) in [6.45, 7) is 3.89. The lowest BCUT2D eigenvalue weighted by molar-refractivity contribution is -0.0604. The Balaban J connectivity index is 1.22. The zero-order chi connectivity index (χ0) is 20.6. The predicted octanol–water partition coefficient (Wildman–Crippen LogP) is 5.87. The number of para-hydroxylation sites is 1. The molecule has 2 aromatic carbocycles. The molecule has 0 saturated carbocycles. The lowest BCUT2D eigenvalue weighted by Crippen LogP contribution is -2.66. The van der Waals surface area contributed by atoms with Gasteiger partial charge in [0.1, 0.15) is 17.3 Å². The Morgan fingerprint density at radius 2 is 1.58 bits per heavy atom. The number of hydrogen-bond donors (Lipinski definition) is 0. The van der Waals surface area contributed by atoms with Crippen LogP contribution in [0.2, 0.25) is 0 Å². The van der Waals surface area contributed by atoms with Crippen LogP contribution in [0, 0.1) is 11.8 Å². The zero-order valence-corrected chi connectivity index (χ0v) is 18.3. The summed E-state index contributed by atoms with van der Waals surface area (Å²) in [5.74, 6) is 4.74. The number of rotatable bonds is 3. The van der Waals surface area contributed by atoms with E-state index in [4.69, 9.17) is 9.73 Å². The van der Waals surface area contributed by atoms with Crippen LogP contribution in [0.3, 0.4) is 0 Å². The fourth-order valence-electron chi connectivity index (χ4n) is 6.76. The minimum absolute atomic E-state index is 0.704. The van der Waals surface area contributed by atoms with Gasteiger partial charge in [0.15, 0.2) is 0 Å². The summed E-state index contributed by atoms with van der Waals surface area (Å²) in [4.78, 5) is 10.7. The Kier molecular flexibility index (Phi) is 5.19. The van der Waals surface area contributed by atoms with Crippen molar-refractivity contribution in [2.75, 3.05) is 19.6 Å². The maximum atomic E-state index is 5.95. The molecule has 0 bridgehead atoms. The highest BCUT2D eigenvalue weighted by molar-refractivity contribution is 5.86. The number of hydrogen-bond acceptors (Lipinski definition) is 3. The minimum atomic E-state index is 0.704. The molecule has 0 unspecified atom stereocenters. The molecule has 31 heavy (non-hydrogen) atoms. The fraction of sp³-hybridized carbons (Fsp3) is 0.519. The van der Waals surface area contributed by atoms with Crippen molar-refractivity contribution in [3.8, 4) is 11.5 Å². The number of aliphatic imine (C=N–C) groups is 1. The van der Waals surface area contributed by atoms with E-state index in [-0.39, 0.29) is 0 Å². The van der Waals surface area contributed by atoms with E-state index in [0.717, 1.165) is 41.5 Å². The molecule has 0 radical (unpaired) electrons. The predicted molar refractivity (Wildman–Crippen MR) is 125 cm³/mol. The van der Waals surface area contributed by atoms with E-state index in [2.05, 4.69) is 21.9 Å². The average molecular weight is 416 g/mol. The minimum Gasteiger partial charge on any atom is -0.457 e. The van der Waals surface area contributed by atoms with Crippen LogP contribution in [0.5, 0.6) is 11.5 Å². The van der Waals surface area contributed by atoms with Crippen molar-refractivity contribution in [1.82, 2.24) is 9.80 Å². The molecule has 0 spiro atoms. The van der Waals surface area contributed by atoms with Crippen LogP contribution >= 0.6 is 0 Å². The standard InChI is InChI=1S/C27H33N3O/c1-2-8-22(9-3-1)31-23-15-13-21(14-16-23)28-26-12-4-11-25-24-10-6-18-29-17-5-7-20(27(24)29)19-30(25)26/h1-3,8-9,13-16,20,24-25,27H,4-7,10-12,17-19H2/t20-,24-,25-,27+/m1/s1. The number of nitrogens with zero attached hydrogens (tertiary/aromatic N) is 3. The van der Waals surface area contributed by atoms with Gasteiger partial charge in [-0.1, -0.05) is 18.2 Å². The van der Waals surface area contributed by atoms with Crippen molar-refractivity contribution in [2.24, 2.45) is 16.8 Å². The van der Waals surface area contributed by atoms with Crippen LogP contribution in [-0.2, 0) is 0 Å². The van der Waals surface area contributed by atoms with E-state index in [0.29, 0.717) is 6.04 Å². The van der Waals surface area contributed by atoms with Gasteiger partial charge in [-0.3, -0.25) is 4.90 Å². The van der Waals surface area contributed by atoms with Crippen LogP contribution in [0.1, 0.15) is 44.9 Å². The summed E-state index contributed by atoms with van der Waals surface area (Å²) < 4.78 is 5.95. The molecule has 2 aromatic rings. The van der Waals surface area contributed by atoms with Gasteiger partial charge < -0.3 is 9.64 Å². The first kappa shape index (κ1) is 19.4. The van der Waals surface area contributed by atoms with Crippen LogP contribution in [0.25, 0.3) is 0 Å². The number of piperidine rings is 4. The van der Waals surface area contributed by atoms with E-state index < -0.39 is 0 Å². The molecule has 162 valence electrons. The van der Waals surface area contributed by atoms with Crippen molar-refractivity contribution in [3.05, 3.63) is 54.6 Å². The third-order valence-electron chi connectivity index (χ3n) is 7.98. The highest BCUT2D eigenvalue weighted by Gasteiger charge is 2.49. The number of ether oxygens (including phenoxy) is 1. The lowest BCUT2D eigenvalue weighted by Gasteiger charge is -2.59. The van der Waals surface area contributed by atoms with Crippen LogP contribution < -0.4 is 4.74 Å². The van der Waals surface area contributed by atoms with Gasteiger partial charge in [0.2, 0.25) is 0 Å². The highest BCUT2D eigenvalue weighted by atomic mass is 16.5. The highest BCUT2D eigenvalue weighted by Crippen LogP contribution is 2.45. The Hall–Kier alpha value is -2.33. The Bertz CT molecular complexity index is 923. The summed E-state index contributed by atoms with van der Waals surface area (Å²) >= 11 is 0. The van der Waals surface area contributed by atoms with Crippen molar-refractivity contribution in [2.45, 2.75) is 57.0 Å². The van der Waals surface area contributed by atoms with Crippen molar-refractivity contribution >= 4 is 11.5 Å². The summed E-state index contributed by atoms with van der Waals surface area (Å²) in [6.07, 6.45) is 9.33. The molecule has 4 heteroatoms. The van der Waals surface area contributed by atoms with Crippen LogP contribution in [0.15, 0.2) is 59.6 Å². The second kappa shape index (κ2) is 8.31. The van der Waals surface area contributed by atoms with Gasteiger partial charge in [-0.2, -0.15) is 0 Å². The monoisotopic (exact) mass is 415 g/mol. The molecule has 0 amide bonds. The Morgan fingerprint density at radius 1 is 0.806 bits per heavy atom. The third kappa shape index (κ3) is 3.76. The molecular formula is C27H33N3O. The molecule has 4 heterocycles. The van der Waals surface area contributed by atoms with Gasteiger partial charge in [0.25, 0.3) is 0 Å². The SMILES string of the molecule is c1ccc(Oc2ccc(N=C3CCC[C@@H]4[C@H]5CCCN6CCC[C@H](CN34)[C@@H]56)cc2)cc1. The van der Waals surface area contributed by atoms with E-state index in [1.165, 1.54) is 64.0 Å². The van der Waals surface area contributed by atoms with Gasteiger partial charge in [0.05, 0.1) is 5.69 Å². The molecule has 4 nitrogen and oxygen atoms in total. The van der Waals surface area contributed by atoms with Gasteiger partial charge >= 0.3 is 0 Å². The largest absolute Gasteiger partial charge is 0.457 e. The van der Waals surface area contributed by atoms with E-state index in [1.807, 2.05) is 42.5 Å². The number of amidine groups is 1. The molecule has 6 rings (SSSR count). The third-order valence-corrected chi connectivity index (χ3v) is 7.98. The Labute approximate surface area is 185 Å². The normalized spacial score (nSPS) is 31.7. The molecule has 4 saturated heterocycles. The molecule has 0 aliphatic carbocycles. The number of fused-ring (bicyclic) bond motifs is 2. The average Bonchev–Trinajstić information content (AvgIpc) is 2.82. The van der Waals surface area contributed by atoms with Crippen molar-refractivity contribution in [1.29, 1.82) is 0 Å². The van der Waals surface area contributed by atoms with Crippen LogP contribution in [0.4, 0.5) is 5.69 Å². The second-order valence-electron chi connectivity index (χ2n) is 9.78.